The van der Waals surface area contributed by atoms with E-state index >= 15 is 0 Å². The van der Waals surface area contributed by atoms with Crippen molar-refractivity contribution in [3.05, 3.63) is 36.0 Å². The van der Waals surface area contributed by atoms with E-state index in [0.717, 1.165) is 0 Å². The molecule has 1 heterocycles. The first-order chi connectivity index (χ1) is 8.92. The fraction of sp³-hybridized carbons (Fsp3) is 0.625. The highest BCUT2D eigenvalue weighted by atomic mass is 16.6. The van der Waals surface area contributed by atoms with Crippen LogP contribution in [0.25, 0.3) is 0 Å². The zero-order valence-electron chi connectivity index (χ0n) is 12.7. The van der Waals surface area contributed by atoms with Gasteiger partial charge in [0.1, 0.15) is 0 Å². The lowest BCUT2D eigenvalue weighted by molar-refractivity contribution is 0.175. The molecule has 0 aromatic heterocycles. The molecule has 2 atom stereocenters. The van der Waals surface area contributed by atoms with Crippen LogP contribution in [-0.4, -0.2) is 19.8 Å². The molecule has 104 valence electrons. The summed E-state index contributed by atoms with van der Waals surface area (Å²) in [6, 6.07) is 0. The van der Waals surface area contributed by atoms with Gasteiger partial charge >= 0.3 is 7.12 Å². The summed E-state index contributed by atoms with van der Waals surface area (Å²) in [7, 11) is -0.174. The molecule has 19 heavy (non-hydrogen) atoms. The van der Waals surface area contributed by atoms with Crippen LogP contribution >= 0.6 is 0 Å². The molecule has 0 radical (unpaired) electrons. The van der Waals surface area contributed by atoms with Crippen molar-refractivity contribution in [1.29, 1.82) is 0 Å². The molecule has 0 saturated carbocycles. The van der Waals surface area contributed by atoms with Crippen LogP contribution in [0.15, 0.2) is 36.0 Å². The summed E-state index contributed by atoms with van der Waals surface area (Å²) in [4.78, 5) is 0. The molecule has 1 aliphatic heterocycles. The second-order valence-electron chi connectivity index (χ2n) is 6.46. The standard InChI is InChI=1S/C16H25BO2/c1-12(2)14-7-6-9-16(5,10-8-14)17-18-11-15(19-17)13(3)4/h6-10,12-13,15H,11H2,1-5H3. The van der Waals surface area contributed by atoms with Crippen LogP contribution < -0.4 is 0 Å². The minimum atomic E-state index is -0.184. The zero-order chi connectivity index (χ0) is 14.0. The second kappa shape index (κ2) is 5.68. The Morgan fingerprint density at radius 3 is 2.58 bits per heavy atom. The molecule has 1 saturated heterocycles. The van der Waals surface area contributed by atoms with Crippen LogP contribution in [0, 0.1) is 11.8 Å². The Hall–Kier alpha value is -0.795. The Balaban J connectivity index is 2.11. The smallest absolute Gasteiger partial charge is 0.408 e. The summed E-state index contributed by atoms with van der Waals surface area (Å²) in [6.07, 6.45) is 11.1. The van der Waals surface area contributed by atoms with Gasteiger partial charge in [-0.25, -0.2) is 0 Å². The number of allylic oxidation sites excluding steroid dienone is 6. The van der Waals surface area contributed by atoms with Crippen LogP contribution in [-0.2, 0) is 9.31 Å². The first-order valence-corrected chi connectivity index (χ1v) is 7.28. The Morgan fingerprint density at radius 1 is 1.26 bits per heavy atom. The van der Waals surface area contributed by atoms with Gasteiger partial charge in [-0.3, -0.25) is 0 Å². The molecule has 0 amide bonds. The lowest BCUT2D eigenvalue weighted by Gasteiger charge is -2.24. The van der Waals surface area contributed by atoms with Crippen molar-refractivity contribution in [1.82, 2.24) is 0 Å². The largest absolute Gasteiger partial charge is 0.471 e. The SMILES string of the molecule is CC(C)C1=CC=CC(C)(B2OCC(C(C)C)O2)C=C1. The molecule has 2 unspecified atom stereocenters. The van der Waals surface area contributed by atoms with Crippen LogP contribution in [0.4, 0.5) is 0 Å². The van der Waals surface area contributed by atoms with Gasteiger partial charge in [-0.2, -0.15) is 0 Å². The van der Waals surface area contributed by atoms with Crippen LogP contribution in [0.2, 0.25) is 5.31 Å². The minimum Gasteiger partial charge on any atom is -0.408 e. The summed E-state index contributed by atoms with van der Waals surface area (Å²) in [5.41, 5.74) is 1.35. The molecule has 0 spiro atoms. The molecule has 1 aliphatic carbocycles. The second-order valence-corrected chi connectivity index (χ2v) is 6.46. The molecule has 0 N–H and O–H groups in total. The van der Waals surface area contributed by atoms with Crippen molar-refractivity contribution in [2.75, 3.05) is 6.61 Å². The average Bonchev–Trinajstić information content (AvgIpc) is 2.75. The third-order valence-electron chi connectivity index (χ3n) is 4.01. The molecular formula is C16H25BO2. The topological polar surface area (TPSA) is 18.5 Å². The molecule has 0 aromatic carbocycles. The van der Waals surface area contributed by atoms with E-state index in [9.17, 15) is 0 Å². The summed E-state index contributed by atoms with van der Waals surface area (Å²) >= 11 is 0. The van der Waals surface area contributed by atoms with Crippen LogP contribution in [0.3, 0.4) is 0 Å². The molecule has 3 heteroatoms. The molecule has 2 nitrogen and oxygen atoms in total. The summed E-state index contributed by atoms with van der Waals surface area (Å²) in [5.74, 6) is 1.04. The van der Waals surface area contributed by atoms with Crippen LogP contribution in [0.1, 0.15) is 34.6 Å². The Morgan fingerprint density at radius 2 is 2.00 bits per heavy atom. The van der Waals surface area contributed by atoms with Gasteiger partial charge in [-0.15, -0.1) is 0 Å². The maximum Gasteiger partial charge on any atom is 0.471 e. The van der Waals surface area contributed by atoms with E-state index in [-0.39, 0.29) is 18.5 Å². The summed E-state index contributed by atoms with van der Waals surface area (Å²) in [5, 5.41) is -0.184. The van der Waals surface area contributed by atoms with E-state index < -0.39 is 0 Å². The van der Waals surface area contributed by atoms with Gasteiger partial charge < -0.3 is 9.31 Å². The zero-order valence-corrected chi connectivity index (χ0v) is 12.7. The highest BCUT2D eigenvalue weighted by Gasteiger charge is 2.45. The van der Waals surface area contributed by atoms with E-state index in [2.05, 4.69) is 65.0 Å². The predicted octanol–water partition coefficient (Wildman–Crippen LogP) is 4.01. The Kier molecular flexibility index (Phi) is 4.37. The quantitative estimate of drug-likeness (QED) is 0.713. The van der Waals surface area contributed by atoms with Gasteiger partial charge in [0.25, 0.3) is 0 Å². The van der Waals surface area contributed by atoms with Crippen molar-refractivity contribution in [2.45, 2.75) is 46.0 Å². The monoisotopic (exact) mass is 260 g/mol. The van der Waals surface area contributed by atoms with E-state index in [4.69, 9.17) is 9.31 Å². The Bertz CT molecular complexity index is 409. The predicted molar refractivity (Wildman–Crippen MR) is 81.0 cm³/mol. The third-order valence-corrected chi connectivity index (χ3v) is 4.01. The van der Waals surface area contributed by atoms with Crippen molar-refractivity contribution in [3.63, 3.8) is 0 Å². The molecular weight excluding hydrogens is 235 g/mol. The summed E-state index contributed by atoms with van der Waals surface area (Å²) < 4.78 is 11.9. The van der Waals surface area contributed by atoms with Crippen molar-refractivity contribution in [3.8, 4) is 0 Å². The van der Waals surface area contributed by atoms with Gasteiger partial charge in [-0.05, 0) is 17.4 Å². The lowest BCUT2D eigenvalue weighted by Crippen LogP contribution is -2.30. The van der Waals surface area contributed by atoms with Crippen molar-refractivity contribution < 1.29 is 9.31 Å². The fourth-order valence-corrected chi connectivity index (χ4v) is 2.39. The fourth-order valence-electron chi connectivity index (χ4n) is 2.39. The lowest BCUT2D eigenvalue weighted by atomic mass is 9.58. The Labute approximate surface area is 117 Å². The average molecular weight is 260 g/mol. The van der Waals surface area contributed by atoms with Gasteiger partial charge in [0.15, 0.2) is 0 Å². The van der Waals surface area contributed by atoms with Crippen molar-refractivity contribution >= 4 is 7.12 Å². The molecule has 1 fully saturated rings. The van der Waals surface area contributed by atoms with Gasteiger partial charge in [-0.1, -0.05) is 65.0 Å². The molecule has 0 aromatic rings. The maximum atomic E-state index is 6.07. The molecule has 2 aliphatic rings. The van der Waals surface area contributed by atoms with Gasteiger partial charge in [0, 0.05) is 5.31 Å². The number of hydrogen-bond donors (Lipinski definition) is 0. The van der Waals surface area contributed by atoms with E-state index in [0.29, 0.717) is 18.4 Å². The maximum absolute atomic E-state index is 6.07. The minimum absolute atomic E-state index is 0.174. The summed E-state index contributed by atoms with van der Waals surface area (Å²) in [6.45, 7) is 11.6. The highest BCUT2D eigenvalue weighted by molar-refractivity contribution is 6.50. The first-order valence-electron chi connectivity index (χ1n) is 7.28. The molecule has 2 rings (SSSR count). The number of rotatable bonds is 3. The van der Waals surface area contributed by atoms with Crippen molar-refractivity contribution in [2.24, 2.45) is 11.8 Å². The first kappa shape index (κ1) is 14.6. The third kappa shape index (κ3) is 3.21. The molecule has 0 bridgehead atoms. The van der Waals surface area contributed by atoms with Crippen LogP contribution in [0.5, 0.6) is 0 Å². The number of hydrogen-bond acceptors (Lipinski definition) is 2. The van der Waals surface area contributed by atoms with Gasteiger partial charge in [0.05, 0.1) is 12.7 Å². The highest BCUT2D eigenvalue weighted by Crippen LogP contribution is 2.40. The van der Waals surface area contributed by atoms with E-state index in [1.165, 1.54) is 5.57 Å². The van der Waals surface area contributed by atoms with E-state index in [1.807, 2.05) is 0 Å². The van der Waals surface area contributed by atoms with Gasteiger partial charge in [0.2, 0.25) is 0 Å². The van der Waals surface area contributed by atoms with E-state index in [1.54, 1.807) is 0 Å². The normalized spacial score (nSPS) is 31.2.